The van der Waals surface area contributed by atoms with Crippen molar-refractivity contribution in [1.29, 1.82) is 0 Å². The Morgan fingerprint density at radius 2 is 1.80 bits per heavy atom. The van der Waals surface area contributed by atoms with Crippen LogP contribution in [-0.2, 0) is 0 Å². The number of hydrogen-bond acceptors (Lipinski definition) is 9. The van der Waals surface area contributed by atoms with Crippen molar-refractivity contribution in [1.82, 2.24) is 30.4 Å². The third-order valence-corrected chi connectivity index (χ3v) is 10.2. The van der Waals surface area contributed by atoms with Crippen LogP contribution in [-0.4, -0.2) is 100 Å². The number of alkyl halides is 3. The van der Waals surface area contributed by atoms with Crippen LogP contribution in [0.1, 0.15) is 50.7 Å². The van der Waals surface area contributed by atoms with E-state index in [4.69, 9.17) is 19.4 Å². The fourth-order valence-corrected chi connectivity index (χ4v) is 7.59. The number of fused-ring (bicyclic) bond motifs is 2. The van der Waals surface area contributed by atoms with E-state index in [2.05, 4.69) is 31.9 Å². The monoisotopic (exact) mass is 679 g/mol. The van der Waals surface area contributed by atoms with Crippen LogP contribution in [0.2, 0.25) is 0 Å². The molecule has 0 bridgehead atoms. The maximum atomic E-state index is 13.9. The zero-order chi connectivity index (χ0) is 34.6. The second kappa shape index (κ2) is 12.7. The summed E-state index contributed by atoms with van der Waals surface area (Å²) in [4.78, 5) is 14.2. The zero-order valence-corrected chi connectivity index (χ0v) is 28.3. The molecule has 5 heterocycles. The highest BCUT2D eigenvalue weighted by Crippen LogP contribution is 2.47. The second-order valence-electron chi connectivity index (χ2n) is 14.6. The number of aliphatic hydroxyl groups is 1. The van der Waals surface area contributed by atoms with Crippen molar-refractivity contribution in [2.24, 2.45) is 5.41 Å². The van der Waals surface area contributed by atoms with Crippen LogP contribution in [0.25, 0.3) is 39.0 Å². The highest BCUT2D eigenvalue weighted by Gasteiger charge is 2.41. The van der Waals surface area contributed by atoms with Gasteiger partial charge in [0.15, 0.2) is 12.4 Å². The van der Waals surface area contributed by atoms with Gasteiger partial charge in [0, 0.05) is 62.1 Å². The molecule has 1 spiro atoms. The first-order valence-electron chi connectivity index (χ1n) is 17.0. The molecule has 49 heavy (non-hydrogen) atoms. The summed E-state index contributed by atoms with van der Waals surface area (Å²) in [6, 6.07) is 5.83. The third kappa shape index (κ3) is 6.93. The Labute approximate surface area is 283 Å². The molecule has 3 N–H and O–H groups in total. The number of rotatable bonds is 9. The minimum atomic E-state index is -4.59. The van der Waals surface area contributed by atoms with E-state index < -0.39 is 18.4 Å². The van der Waals surface area contributed by atoms with Crippen LogP contribution in [0.3, 0.4) is 0 Å². The van der Waals surface area contributed by atoms with Crippen molar-refractivity contribution in [2.45, 2.75) is 64.3 Å². The Balaban J connectivity index is 1.37. The average molecular weight is 680 g/mol. The van der Waals surface area contributed by atoms with Crippen LogP contribution in [0.4, 0.5) is 19.0 Å². The third-order valence-electron chi connectivity index (χ3n) is 10.2. The van der Waals surface area contributed by atoms with E-state index in [1.807, 2.05) is 25.1 Å². The summed E-state index contributed by atoms with van der Waals surface area (Å²) in [6.45, 7) is 13.6. The second-order valence-corrected chi connectivity index (χ2v) is 14.6. The lowest BCUT2D eigenvalue weighted by Crippen LogP contribution is -2.58. The molecule has 0 amide bonds. The van der Waals surface area contributed by atoms with Gasteiger partial charge >= 0.3 is 12.2 Å². The summed E-state index contributed by atoms with van der Waals surface area (Å²) in [7, 11) is 0. The van der Waals surface area contributed by atoms with E-state index >= 15 is 0 Å². The minimum absolute atomic E-state index is 0.00620. The van der Waals surface area contributed by atoms with Gasteiger partial charge < -0.3 is 29.7 Å². The van der Waals surface area contributed by atoms with Gasteiger partial charge in [-0.2, -0.15) is 28.2 Å². The molecule has 0 radical (unpaired) electrons. The van der Waals surface area contributed by atoms with Gasteiger partial charge in [-0.1, -0.05) is 18.7 Å². The Morgan fingerprint density at radius 1 is 1.06 bits per heavy atom. The number of aryl methyl sites for hydroxylation is 1. The highest BCUT2D eigenvalue weighted by molar-refractivity contribution is 6.07. The molecule has 0 aliphatic carbocycles. The van der Waals surface area contributed by atoms with E-state index in [-0.39, 0.29) is 28.8 Å². The quantitative estimate of drug-likeness (QED) is 0.200. The minimum Gasteiger partial charge on any atom is -0.481 e. The maximum absolute atomic E-state index is 13.9. The predicted octanol–water partition coefficient (Wildman–Crippen LogP) is 5.87. The van der Waals surface area contributed by atoms with Crippen molar-refractivity contribution >= 4 is 33.7 Å². The number of β-amino-alcohol motifs (C(OH)–C–C–N with tert-alkyl or cyclic N) is 1. The first-order valence-corrected chi connectivity index (χ1v) is 17.0. The first-order chi connectivity index (χ1) is 23.3. The molecular weight excluding hydrogens is 635 g/mol. The molecule has 2 aromatic carbocycles. The number of anilines is 1. The highest BCUT2D eigenvalue weighted by atomic mass is 19.4. The number of halogens is 3. The Morgan fingerprint density at radius 3 is 2.43 bits per heavy atom. The molecule has 3 fully saturated rings. The van der Waals surface area contributed by atoms with Gasteiger partial charge in [0.2, 0.25) is 0 Å². The maximum Gasteiger partial charge on any atom is 0.422 e. The first kappa shape index (κ1) is 33.6. The fraction of sp³-hybridized carbons (Fsp3) is 0.528. The van der Waals surface area contributed by atoms with Crippen molar-refractivity contribution in [3.63, 3.8) is 0 Å². The molecule has 3 saturated heterocycles. The summed E-state index contributed by atoms with van der Waals surface area (Å²) in [5.41, 5.74) is 3.08. The van der Waals surface area contributed by atoms with Gasteiger partial charge in [0.25, 0.3) is 0 Å². The number of benzene rings is 2. The molecule has 3 aliphatic rings. The molecule has 7 rings (SSSR count). The number of nitrogens with zero attached hydrogens (tertiary/aromatic N) is 5. The van der Waals surface area contributed by atoms with Crippen molar-refractivity contribution in [3.8, 4) is 22.9 Å². The molecule has 10 nitrogen and oxygen atoms in total. The van der Waals surface area contributed by atoms with Crippen LogP contribution in [0.15, 0.2) is 31.0 Å². The van der Waals surface area contributed by atoms with Crippen LogP contribution in [0.5, 0.6) is 11.8 Å². The van der Waals surface area contributed by atoms with E-state index in [1.54, 1.807) is 26.1 Å². The Kier molecular flexibility index (Phi) is 8.73. The van der Waals surface area contributed by atoms with Crippen molar-refractivity contribution in [3.05, 3.63) is 42.1 Å². The van der Waals surface area contributed by atoms with Gasteiger partial charge in [0.1, 0.15) is 17.4 Å². The number of ether oxygens (including phenoxy) is 2. The standard InChI is InChI=1S/C36H44F3N7O3/c1-5-23-16-25-30(31(48-21-36(37,38)39)29(23)28-22(2)6-7-27-26(28)17-41-44-27)42-33(49-24-8-12-45(13-9-24)20-34(3,4)47)43-32(25)46-14-10-35(11-15-46)18-40-19-35/h5-7,16-17,24,40,47H,1,8-15,18-21H2,2-4H3,(H,41,44). The number of aromatic nitrogens is 4. The van der Waals surface area contributed by atoms with E-state index in [1.165, 1.54) is 0 Å². The van der Waals surface area contributed by atoms with Gasteiger partial charge in [0.05, 0.1) is 17.3 Å². The molecule has 0 saturated carbocycles. The number of piperidine rings is 2. The molecule has 13 heteroatoms. The summed E-state index contributed by atoms with van der Waals surface area (Å²) in [6.07, 6.45) is 1.90. The predicted molar refractivity (Wildman–Crippen MR) is 184 cm³/mol. The fourth-order valence-electron chi connectivity index (χ4n) is 7.59. The van der Waals surface area contributed by atoms with Crippen LogP contribution < -0.4 is 19.7 Å². The molecule has 262 valence electrons. The van der Waals surface area contributed by atoms with Crippen LogP contribution >= 0.6 is 0 Å². The number of nitrogens with one attached hydrogen (secondary N) is 2. The Hall–Kier alpha value is -3.94. The SMILES string of the molecule is C=Cc1cc2c(N3CCC4(CC3)CNC4)nc(OC3CCN(CC(C)(C)O)CC3)nc2c(OCC(F)(F)F)c1-c1c(C)ccc2[nH]ncc12. The van der Waals surface area contributed by atoms with Gasteiger partial charge in [-0.15, -0.1) is 0 Å². The number of hydrogen-bond donors (Lipinski definition) is 3. The van der Waals surface area contributed by atoms with Crippen molar-refractivity contribution in [2.75, 3.05) is 57.3 Å². The average Bonchev–Trinajstić information content (AvgIpc) is 3.51. The van der Waals surface area contributed by atoms with Gasteiger partial charge in [-0.3, -0.25) is 5.10 Å². The lowest BCUT2D eigenvalue weighted by Gasteiger charge is -2.48. The molecular formula is C36H44F3N7O3. The summed E-state index contributed by atoms with van der Waals surface area (Å²) < 4.78 is 53.9. The van der Waals surface area contributed by atoms with E-state index in [0.717, 1.165) is 68.6 Å². The number of H-pyrrole nitrogens is 1. The Bertz CT molecular complexity index is 1850. The number of aromatic amines is 1. The summed E-state index contributed by atoms with van der Waals surface area (Å²) >= 11 is 0. The summed E-state index contributed by atoms with van der Waals surface area (Å²) in [5, 5.41) is 22.2. The normalized spacial score (nSPS) is 19.0. The molecule has 3 aliphatic heterocycles. The molecule has 0 atom stereocenters. The lowest BCUT2D eigenvalue weighted by molar-refractivity contribution is -0.153. The van der Waals surface area contributed by atoms with E-state index in [0.29, 0.717) is 47.3 Å². The number of likely N-dealkylation sites (tertiary alicyclic amines) is 1. The molecule has 4 aromatic rings. The zero-order valence-electron chi connectivity index (χ0n) is 28.3. The summed E-state index contributed by atoms with van der Waals surface area (Å²) in [5.74, 6) is 0.623. The van der Waals surface area contributed by atoms with Gasteiger partial charge in [-0.05, 0) is 80.7 Å². The van der Waals surface area contributed by atoms with E-state index in [9.17, 15) is 18.3 Å². The smallest absolute Gasteiger partial charge is 0.422 e. The lowest BCUT2D eigenvalue weighted by atomic mass is 9.73. The topological polar surface area (TPSA) is 112 Å². The van der Waals surface area contributed by atoms with Crippen molar-refractivity contribution < 1.29 is 27.8 Å². The molecule has 2 aromatic heterocycles. The van der Waals surface area contributed by atoms with Gasteiger partial charge in [-0.25, -0.2) is 0 Å². The largest absolute Gasteiger partial charge is 0.481 e. The van der Waals surface area contributed by atoms with Crippen LogP contribution in [0, 0.1) is 12.3 Å². The molecule has 0 unspecified atom stereocenters.